The first-order chi connectivity index (χ1) is 13.5. The van der Waals surface area contributed by atoms with Gasteiger partial charge in [-0.05, 0) is 30.3 Å². The fourth-order valence-electron chi connectivity index (χ4n) is 3.71. The smallest absolute Gasteiger partial charge is 0.289 e. The third-order valence-corrected chi connectivity index (χ3v) is 5.20. The summed E-state index contributed by atoms with van der Waals surface area (Å²) in [7, 11) is 0. The number of halogens is 1. The second-order valence-electron chi connectivity index (χ2n) is 6.98. The van der Waals surface area contributed by atoms with Gasteiger partial charge >= 0.3 is 0 Å². The fraction of sp³-hybridized carbons (Fsp3) is 0.350. The van der Waals surface area contributed by atoms with E-state index < -0.39 is 11.7 Å². The summed E-state index contributed by atoms with van der Waals surface area (Å²) in [5.74, 6) is -1.06. The van der Waals surface area contributed by atoms with Gasteiger partial charge in [0.15, 0.2) is 5.76 Å². The number of carbonyl (C=O) groups excluding carboxylic acids is 3. The zero-order chi connectivity index (χ0) is 19.7. The van der Waals surface area contributed by atoms with Gasteiger partial charge in [0, 0.05) is 44.8 Å². The highest BCUT2D eigenvalue weighted by molar-refractivity contribution is 6.00. The predicted molar refractivity (Wildman–Crippen MR) is 98.1 cm³/mol. The molecule has 0 spiro atoms. The van der Waals surface area contributed by atoms with Crippen molar-refractivity contribution in [3.05, 3.63) is 54.2 Å². The number of benzene rings is 1. The Morgan fingerprint density at radius 1 is 1.04 bits per heavy atom. The van der Waals surface area contributed by atoms with Gasteiger partial charge in [0.2, 0.25) is 11.8 Å². The number of carbonyl (C=O) groups is 3. The molecule has 0 aliphatic carbocycles. The van der Waals surface area contributed by atoms with Gasteiger partial charge in [0.25, 0.3) is 5.91 Å². The Balaban J connectivity index is 1.35. The second-order valence-corrected chi connectivity index (χ2v) is 6.98. The topological polar surface area (TPSA) is 74.1 Å². The Hall–Kier alpha value is -3.16. The lowest BCUT2D eigenvalue weighted by Gasteiger charge is -2.35. The standard InChI is InChI=1S/C20H20FN3O4/c21-15-3-1-4-16(12-15)24-13-14(11-18(24)25)19(26)22-6-8-23(9-7-22)20(27)17-5-2-10-28-17/h1-5,10,12,14H,6-9,11,13H2. The molecule has 1 unspecified atom stereocenters. The molecule has 7 nitrogen and oxygen atoms in total. The number of nitrogens with zero attached hydrogens (tertiary/aromatic N) is 3. The van der Waals surface area contributed by atoms with Crippen LogP contribution in [0.15, 0.2) is 47.1 Å². The van der Waals surface area contributed by atoms with E-state index >= 15 is 0 Å². The summed E-state index contributed by atoms with van der Waals surface area (Å²) in [4.78, 5) is 42.3. The number of hydrogen-bond acceptors (Lipinski definition) is 4. The Labute approximate surface area is 161 Å². The summed E-state index contributed by atoms with van der Waals surface area (Å²) in [5.41, 5.74) is 0.467. The highest BCUT2D eigenvalue weighted by Gasteiger charge is 2.38. The molecule has 0 saturated carbocycles. The minimum Gasteiger partial charge on any atom is -0.459 e. The lowest BCUT2D eigenvalue weighted by Crippen LogP contribution is -2.52. The molecular formula is C20H20FN3O4. The Morgan fingerprint density at radius 3 is 2.46 bits per heavy atom. The molecule has 2 fully saturated rings. The molecule has 8 heteroatoms. The zero-order valence-electron chi connectivity index (χ0n) is 15.2. The molecule has 3 heterocycles. The number of amides is 3. The average molecular weight is 385 g/mol. The van der Waals surface area contributed by atoms with Gasteiger partial charge in [-0.25, -0.2) is 4.39 Å². The minimum absolute atomic E-state index is 0.0997. The number of piperazine rings is 1. The van der Waals surface area contributed by atoms with E-state index in [1.54, 1.807) is 34.1 Å². The normalized spacial score (nSPS) is 20.0. The third kappa shape index (κ3) is 3.49. The van der Waals surface area contributed by atoms with Gasteiger partial charge in [0.05, 0.1) is 12.2 Å². The van der Waals surface area contributed by atoms with E-state index in [1.165, 1.54) is 23.3 Å². The maximum atomic E-state index is 13.4. The summed E-state index contributed by atoms with van der Waals surface area (Å²) < 4.78 is 18.6. The first-order valence-electron chi connectivity index (χ1n) is 9.20. The number of anilines is 1. The van der Waals surface area contributed by atoms with E-state index in [0.717, 1.165) is 0 Å². The van der Waals surface area contributed by atoms with Crippen molar-refractivity contribution in [3.63, 3.8) is 0 Å². The van der Waals surface area contributed by atoms with Crippen molar-refractivity contribution in [2.45, 2.75) is 6.42 Å². The van der Waals surface area contributed by atoms with Crippen LogP contribution in [-0.4, -0.2) is 60.2 Å². The van der Waals surface area contributed by atoms with Crippen LogP contribution >= 0.6 is 0 Å². The van der Waals surface area contributed by atoms with Crippen LogP contribution in [0.5, 0.6) is 0 Å². The van der Waals surface area contributed by atoms with E-state index in [-0.39, 0.29) is 36.4 Å². The number of furan rings is 1. The van der Waals surface area contributed by atoms with Crippen molar-refractivity contribution in [2.75, 3.05) is 37.6 Å². The van der Waals surface area contributed by atoms with Gasteiger partial charge < -0.3 is 19.1 Å². The molecule has 0 bridgehead atoms. The lowest BCUT2D eigenvalue weighted by atomic mass is 10.1. The molecule has 2 aliphatic heterocycles. The highest BCUT2D eigenvalue weighted by Crippen LogP contribution is 2.27. The van der Waals surface area contributed by atoms with Crippen LogP contribution in [0.2, 0.25) is 0 Å². The maximum Gasteiger partial charge on any atom is 0.289 e. The molecule has 2 aromatic rings. The molecule has 2 saturated heterocycles. The van der Waals surface area contributed by atoms with Crippen molar-refractivity contribution < 1.29 is 23.2 Å². The first-order valence-corrected chi connectivity index (χ1v) is 9.20. The van der Waals surface area contributed by atoms with Gasteiger partial charge in [0.1, 0.15) is 5.82 Å². The Morgan fingerprint density at radius 2 is 1.79 bits per heavy atom. The van der Waals surface area contributed by atoms with Gasteiger partial charge in [-0.15, -0.1) is 0 Å². The third-order valence-electron chi connectivity index (χ3n) is 5.20. The molecular weight excluding hydrogens is 365 g/mol. The Bertz CT molecular complexity index is 891. The van der Waals surface area contributed by atoms with Crippen molar-refractivity contribution in [2.24, 2.45) is 5.92 Å². The molecule has 4 rings (SSSR count). The number of hydrogen-bond donors (Lipinski definition) is 0. The van der Waals surface area contributed by atoms with E-state index in [9.17, 15) is 18.8 Å². The molecule has 2 aliphatic rings. The summed E-state index contributed by atoms with van der Waals surface area (Å²) in [6.07, 6.45) is 1.56. The van der Waals surface area contributed by atoms with Gasteiger partial charge in [-0.3, -0.25) is 14.4 Å². The molecule has 0 N–H and O–H groups in total. The van der Waals surface area contributed by atoms with Crippen LogP contribution in [0.4, 0.5) is 10.1 Å². The van der Waals surface area contributed by atoms with Gasteiger partial charge in [-0.2, -0.15) is 0 Å². The summed E-state index contributed by atoms with van der Waals surface area (Å²) >= 11 is 0. The maximum absolute atomic E-state index is 13.4. The van der Waals surface area contributed by atoms with Crippen molar-refractivity contribution in [1.82, 2.24) is 9.80 Å². The second kappa shape index (κ2) is 7.46. The first kappa shape index (κ1) is 18.2. The largest absolute Gasteiger partial charge is 0.459 e. The van der Waals surface area contributed by atoms with Crippen LogP contribution in [-0.2, 0) is 9.59 Å². The van der Waals surface area contributed by atoms with Crippen LogP contribution in [0.25, 0.3) is 0 Å². The van der Waals surface area contributed by atoms with E-state index in [1.807, 2.05) is 0 Å². The molecule has 1 aromatic carbocycles. The molecule has 28 heavy (non-hydrogen) atoms. The van der Waals surface area contributed by atoms with E-state index in [0.29, 0.717) is 31.9 Å². The quantitative estimate of drug-likeness (QED) is 0.807. The molecule has 3 amide bonds. The van der Waals surface area contributed by atoms with Gasteiger partial charge in [-0.1, -0.05) is 6.07 Å². The van der Waals surface area contributed by atoms with E-state index in [2.05, 4.69) is 0 Å². The monoisotopic (exact) mass is 385 g/mol. The SMILES string of the molecule is O=C(c1ccco1)N1CCN(C(=O)C2CC(=O)N(c3cccc(F)c3)C2)CC1. The van der Waals surface area contributed by atoms with Crippen LogP contribution in [0.3, 0.4) is 0 Å². The van der Waals surface area contributed by atoms with Crippen LogP contribution in [0, 0.1) is 11.7 Å². The van der Waals surface area contributed by atoms with Crippen LogP contribution in [0.1, 0.15) is 17.0 Å². The fourth-order valence-corrected chi connectivity index (χ4v) is 3.71. The molecule has 0 radical (unpaired) electrons. The summed E-state index contributed by atoms with van der Waals surface area (Å²) in [6.45, 7) is 1.90. The lowest BCUT2D eigenvalue weighted by molar-refractivity contribution is -0.137. The molecule has 1 aromatic heterocycles. The Kier molecular flexibility index (Phi) is 4.85. The summed E-state index contributed by atoms with van der Waals surface area (Å²) in [5, 5.41) is 0. The zero-order valence-corrected chi connectivity index (χ0v) is 15.2. The van der Waals surface area contributed by atoms with Crippen molar-refractivity contribution in [3.8, 4) is 0 Å². The number of rotatable bonds is 3. The molecule has 146 valence electrons. The highest BCUT2D eigenvalue weighted by atomic mass is 19.1. The summed E-state index contributed by atoms with van der Waals surface area (Å²) in [6, 6.07) is 9.09. The predicted octanol–water partition coefficient (Wildman–Crippen LogP) is 1.76. The molecule has 1 atom stereocenters. The average Bonchev–Trinajstić information content (AvgIpc) is 3.37. The van der Waals surface area contributed by atoms with E-state index in [4.69, 9.17) is 4.42 Å². The van der Waals surface area contributed by atoms with Crippen molar-refractivity contribution >= 4 is 23.4 Å². The van der Waals surface area contributed by atoms with Crippen LogP contribution < -0.4 is 4.90 Å². The minimum atomic E-state index is -0.455. The van der Waals surface area contributed by atoms with Crippen molar-refractivity contribution in [1.29, 1.82) is 0 Å².